The van der Waals surface area contributed by atoms with E-state index in [0.29, 0.717) is 30.7 Å². The molecule has 7 heteroatoms. The van der Waals surface area contributed by atoms with Crippen molar-refractivity contribution < 1.29 is 9.26 Å². The minimum absolute atomic E-state index is 0.459. The Bertz CT molecular complexity index is 581. The van der Waals surface area contributed by atoms with Gasteiger partial charge in [0, 0.05) is 23.2 Å². The number of anilines is 2. The quantitative estimate of drug-likeness (QED) is 0.850. The zero-order valence-electron chi connectivity index (χ0n) is 10.2. The van der Waals surface area contributed by atoms with Gasteiger partial charge in [0.1, 0.15) is 0 Å². The van der Waals surface area contributed by atoms with Gasteiger partial charge in [-0.15, -0.1) is 0 Å². The Morgan fingerprint density at radius 3 is 2.84 bits per heavy atom. The lowest BCUT2D eigenvalue weighted by atomic mass is 10.2. The largest absolute Gasteiger partial charge is 0.399 e. The summed E-state index contributed by atoms with van der Waals surface area (Å²) in [5, 5.41) is 4.01. The summed E-state index contributed by atoms with van der Waals surface area (Å²) in [4.78, 5) is 6.45. The lowest BCUT2D eigenvalue weighted by Crippen LogP contribution is -2.36. The van der Waals surface area contributed by atoms with Crippen molar-refractivity contribution in [3.63, 3.8) is 0 Å². The molecule has 0 bridgehead atoms. The number of morpholine rings is 1. The Kier molecular flexibility index (Phi) is 3.39. The van der Waals surface area contributed by atoms with Crippen molar-refractivity contribution in [2.45, 2.75) is 0 Å². The topological polar surface area (TPSA) is 77.4 Å². The van der Waals surface area contributed by atoms with E-state index in [4.69, 9.17) is 15.0 Å². The van der Waals surface area contributed by atoms with Gasteiger partial charge < -0.3 is 19.9 Å². The summed E-state index contributed by atoms with van der Waals surface area (Å²) in [7, 11) is 0. The molecule has 1 aromatic carbocycles. The molecule has 1 aliphatic heterocycles. The third-order valence-electron chi connectivity index (χ3n) is 2.93. The van der Waals surface area contributed by atoms with Crippen molar-refractivity contribution in [2.24, 2.45) is 0 Å². The van der Waals surface area contributed by atoms with Crippen LogP contribution in [-0.4, -0.2) is 36.4 Å². The van der Waals surface area contributed by atoms with Crippen LogP contribution in [0.15, 0.2) is 27.2 Å². The number of nitrogens with zero attached hydrogens (tertiary/aromatic N) is 3. The van der Waals surface area contributed by atoms with Gasteiger partial charge >= 0.3 is 0 Å². The van der Waals surface area contributed by atoms with Crippen LogP contribution in [0.4, 0.5) is 11.6 Å². The second kappa shape index (κ2) is 5.18. The summed E-state index contributed by atoms with van der Waals surface area (Å²) in [5.74, 6) is 1.05. The second-order valence-electron chi connectivity index (χ2n) is 4.24. The van der Waals surface area contributed by atoms with Crippen molar-refractivity contribution in [3.8, 4) is 11.5 Å². The minimum atomic E-state index is 0.459. The molecule has 0 spiro atoms. The highest BCUT2D eigenvalue weighted by Gasteiger charge is 2.18. The minimum Gasteiger partial charge on any atom is -0.399 e. The summed E-state index contributed by atoms with van der Waals surface area (Å²) in [6, 6.07) is 5.48. The molecular weight excluding hydrogens is 312 g/mol. The molecule has 1 fully saturated rings. The van der Waals surface area contributed by atoms with E-state index in [-0.39, 0.29) is 0 Å². The van der Waals surface area contributed by atoms with Crippen molar-refractivity contribution in [2.75, 3.05) is 36.9 Å². The lowest BCUT2D eigenvalue weighted by molar-refractivity contribution is 0.121. The summed E-state index contributed by atoms with van der Waals surface area (Å²) in [6.07, 6.45) is 0. The molecule has 0 amide bonds. The average molecular weight is 325 g/mol. The van der Waals surface area contributed by atoms with E-state index >= 15 is 0 Å². The molecule has 3 rings (SSSR count). The van der Waals surface area contributed by atoms with Gasteiger partial charge in [-0.25, -0.2) is 0 Å². The van der Waals surface area contributed by atoms with E-state index in [9.17, 15) is 0 Å². The Hall–Kier alpha value is -1.60. The summed E-state index contributed by atoms with van der Waals surface area (Å²) in [5.41, 5.74) is 7.23. The Labute approximate surface area is 118 Å². The molecule has 2 heterocycles. The second-order valence-corrected chi connectivity index (χ2v) is 5.09. The number of hydrogen-bond donors (Lipinski definition) is 1. The van der Waals surface area contributed by atoms with Gasteiger partial charge in [-0.1, -0.05) is 0 Å². The van der Waals surface area contributed by atoms with Crippen molar-refractivity contribution in [1.82, 2.24) is 10.1 Å². The lowest BCUT2D eigenvalue weighted by Gasteiger charge is -2.24. The molecule has 6 nitrogen and oxygen atoms in total. The van der Waals surface area contributed by atoms with E-state index in [1.165, 1.54) is 0 Å². The molecule has 1 aromatic heterocycles. The molecule has 0 saturated carbocycles. The Morgan fingerprint density at radius 1 is 1.26 bits per heavy atom. The summed E-state index contributed by atoms with van der Waals surface area (Å²) in [6.45, 7) is 2.92. The van der Waals surface area contributed by atoms with Gasteiger partial charge in [0.15, 0.2) is 0 Å². The van der Waals surface area contributed by atoms with Crippen LogP contribution in [0.2, 0.25) is 0 Å². The molecule has 0 atom stereocenters. The van der Waals surface area contributed by atoms with Crippen LogP contribution in [-0.2, 0) is 4.74 Å². The van der Waals surface area contributed by atoms with Crippen LogP contribution in [0.1, 0.15) is 0 Å². The van der Waals surface area contributed by atoms with Gasteiger partial charge in [-0.2, -0.15) is 4.98 Å². The fourth-order valence-electron chi connectivity index (χ4n) is 1.92. The fraction of sp³-hybridized carbons (Fsp3) is 0.333. The van der Waals surface area contributed by atoms with Crippen molar-refractivity contribution in [1.29, 1.82) is 0 Å². The third kappa shape index (κ3) is 2.57. The molecule has 0 radical (unpaired) electrons. The van der Waals surface area contributed by atoms with Crippen LogP contribution in [0.25, 0.3) is 11.5 Å². The van der Waals surface area contributed by atoms with Gasteiger partial charge in [0.2, 0.25) is 0 Å². The first-order valence-electron chi connectivity index (χ1n) is 5.96. The molecular formula is C12H13BrN4O2. The molecule has 2 N–H and O–H groups in total. The maximum Gasteiger partial charge on any atom is 0.266 e. The molecule has 2 aromatic rings. The molecule has 0 unspecified atom stereocenters. The van der Waals surface area contributed by atoms with E-state index < -0.39 is 0 Å². The number of nitrogens with two attached hydrogens (primary N) is 1. The normalized spacial score (nSPS) is 15.7. The van der Waals surface area contributed by atoms with E-state index in [2.05, 4.69) is 26.1 Å². The molecule has 19 heavy (non-hydrogen) atoms. The maximum absolute atomic E-state index is 5.78. The highest BCUT2D eigenvalue weighted by Crippen LogP contribution is 2.30. The van der Waals surface area contributed by atoms with Crippen molar-refractivity contribution >= 4 is 27.6 Å². The van der Waals surface area contributed by atoms with Crippen molar-refractivity contribution in [3.05, 3.63) is 22.7 Å². The molecule has 0 aliphatic carbocycles. The summed E-state index contributed by atoms with van der Waals surface area (Å²) >= 11 is 3.46. The zero-order chi connectivity index (χ0) is 13.2. The highest BCUT2D eigenvalue weighted by molar-refractivity contribution is 9.10. The number of aromatic nitrogens is 2. The van der Waals surface area contributed by atoms with Gasteiger partial charge in [0.25, 0.3) is 11.8 Å². The number of ether oxygens (including phenoxy) is 1. The monoisotopic (exact) mass is 324 g/mol. The fourth-order valence-corrected chi connectivity index (χ4v) is 2.34. The van der Waals surface area contributed by atoms with Crippen LogP contribution in [0.5, 0.6) is 0 Å². The van der Waals surface area contributed by atoms with Gasteiger partial charge in [0.05, 0.1) is 18.8 Å². The van der Waals surface area contributed by atoms with E-state index in [1.54, 1.807) is 6.07 Å². The Morgan fingerprint density at radius 2 is 2.05 bits per heavy atom. The van der Waals surface area contributed by atoms with Gasteiger partial charge in [-0.05, 0) is 39.3 Å². The van der Waals surface area contributed by atoms with Crippen LogP contribution >= 0.6 is 15.9 Å². The number of hydrogen-bond acceptors (Lipinski definition) is 6. The molecule has 1 saturated heterocycles. The number of rotatable bonds is 2. The van der Waals surface area contributed by atoms with Gasteiger partial charge in [-0.3, -0.25) is 0 Å². The first-order valence-corrected chi connectivity index (χ1v) is 6.75. The SMILES string of the molecule is Nc1ccc(Br)c(-c2nc(N3CCOCC3)no2)c1. The first-order chi connectivity index (χ1) is 9.24. The van der Waals surface area contributed by atoms with Crippen LogP contribution in [0, 0.1) is 0 Å². The molecule has 100 valence electrons. The molecule has 1 aliphatic rings. The number of nitrogen functional groups attached to an aromatic ring is 1. The standard InChI is InChI=1S/C12H13BrN4O2/c13-10-2-1-8(14)7-9(10)11-15-12(16-19-11)17-3-5-18-6-4-17/h1-2,7H,3-6,14H2. The first kappa shape index (κ1) is 12.4. The summed E-state index contributed by atoms with van der Waals surface area (Å²) < 4.78 is 11.5. The average Bonchev–Trinajstić information content (AvgIpc) is 2.92. The number of benzene rings is 1. The Balaban J connectivity index is 1.89. The van der Waals surface area contributed by atoms with E-state index in [1.807, 2.05) is 17.0 Å². The predicted octanol–water partition coefficient (Wildman–Crippen LogP) is 1.92. The van der Waals surface area contributed by atoms with Crippen LogP contribution in [0.3, 0.4) is 0 Å². The van der Waals surface area contributed by atoms with E-state index in [0.717, 1.165) is 23.1 Å². The van der Waals surface area contributed by atoms with Crippen LogP contribution < -0.4 is 10.6 Å². The number of halogens is 1. The predicted molar refractivity (Wildman–Crippen MR) is 74.9 cm³/mol. The zero-order valence-corrected chi connectivity index (χ0v) is 11.8. The third-order valence-corrected chi connectivity index (χ3v) is 3.62. The maximum atomic E-state index is 5.78. The highest BCUT2D eigenvalue weighted by atomic mass is 79.9. The smallest absolute Gasteiger partial charge is 0.266 e.